The molecule has 2 aromatic carbocycles. The fourth-order valence-corrected chi connectivity index (χ4v) is 3.49. The molecule has 0 aliphatic carbocycles. The highest BCUT2D eigenvalue weighted by molar-refractivity contribution is 7.18. The summed E-state index contributed by atoms with van der Waals surface area (Å²) in [6, 6.07) is 11.3. The van der Waals surface area contributed by atoms with Gasteiger partial charge in [0.05, 0.1) is 17.1 Å². The van der Waals surface area contributed by atoms with Gasteiger partial charge in [-0.3, -0.25) is 20.2 Å². The first-order chi connectivity index (χ1) is 14.8. The van der Waals surface area contributed by atoms with Gasteiger partial charge in [-0.2, -0.15) is 0 Å². The van der Waals surface area contributed by atoms with Crippen molar-refractivity contribution in [2.24, 2.45) is 0 Å². The Bertz CT molecular complexity index is 1130. The molecule has 9 nitrogen and oxygen atoms in total. The summed E-state index contributed by atoms with van der Waals surface area (Å²) in [5, 5.41) is 22.7. The van der Waals surface area contributed by atoms with Crippen LogP contribution in [-0.4, -0.2) is 33.6 Å². The summed E-state index contributed by atoms with van der Waals surface area (Å²) in [6.45, 7) is 5.94. The van der Waals surface area contributed by atoms with Crippen LogP contribution in [0.25, 0.3) is 10.6 Å². The second-order valence-corrected chi connectivity index (χ2v) is 7.87. The average molecular weight is 440 g/mol. The van der Waals surface area contributed by atoms with Crippen molar-refractivity contribution in [3.05, 3.63) is 69.3 Å². The van der Waals surface area contributed by atoms with E-state index in [2.05, 4.69) is 29.4 Å². The molecule has 0 bridgehead atoms. The lowest BCUT2D eigenvalue weighted by Crippen LogP contribution is -2.14. The third kappa shape index (κ3) is 5.28. The predicted octanol–water partition coefficient (Wildman–Crippen LogP) is 4.67. The normalized spacial score (nSPS) is 10.7. The number of carbonyl (C=O) groups is 2. The lowest BCUT2D eigenvalue weighted by atomic mass is 10.0. The van der Waals surface area contributed by atoms with Gasteiger partial charge in [-0.25, -0.2) is 4.79 Å². The van der Waals surface area contributed by atoms with Crippen molar-refractivity contribution >= 4 is 34.0 Å². The molecule has 10 heteroatoms. The largest absolute Gasteiger partial charge is 0.462 e. The van der Waals surface area contributed by atoms with E-state index in [0.717, 1.165) is 17.7 Å². The van der Waals surface area contributed by atoms with Crippen LogP contribution in [0.15, 0.2) is 42.5 Å². The fourth-order valence-electron chi connectivity index (χ4n) is 2.75. The zero-order valence-corrected chi connectivity index (χ0v) is 17.9. The lowest BCUT2D eigenvalue weighted by Gasteiger charge is -2.06. The molecular formula is C21H20N4O5S. The summed E-state index contributed by atoms with van der Waals surface area (Å²) in [5.74, 6) is -0.983. The van der Waals surface area contributed by atoms with Crippen molar-refractivity contribution in [3.8, 4) is 10.6 Å². The Morgan fingerprint density at radius 3 is 2.42 bits per heavy atom. The van der Waals surface area contributed by atoms with E-state index in [1.165, 1.54) is 23.0 Å². The topological polar surface area (TPSA) is 124 Å². The Morgan fingerprint density at radius 2 is 1.81 bits per heavy atom. The number of nitro benzene ring substituents is 1. The number of aromatic nitrogens is 2. The number of rotatable bonds is 7. The number of nitro groups is 1. The monoisotopic (exact) mass is 440 g/mol. The summed E-state index contributed by atoms with van der Waals surface area (Å²) in [7, 11) is 0. The number of amides is 1. The van der Waals surface area contributed by atoms with Crippen LogP contribution in [0, 0.1) is 10.1 Å². The zero-order valence-electron chi connectivity index (χ0n) is 17.1. The first-order valence-corrected chi connectivity index (χ1v) is 10.3. The number of anilines is 1. The second-order valence-electron chi connectivity index (χ2n) is 6.89. The Kier molecular flexibility index (Phi) is 6.71. The van der Waals surface area contributed by atoms with Gasteiger partial charge < -0.3 is 4.74 Å². The highest BCUT2D eigenvalue weighted by Crippen LogP contribution is 2.28. The van der Waals surface area contributed by atoms with Gasteiger partial charge in [-0.15, -0.1) is 10.2 Å². The van der Waals surface area contributed by atoms with Crippen molar-refractivity contribution in [1.29, 1.82) is 0 Å². The van der Waals surface area contributed by atoms with E-state index in [9.17, 15) is 19.7 Å². The van der Waals surface area contributed by atoms with Gasteiger partial charge in [-0.05, 0) is 24.5 Å². The second kappa shape index (κ2) is 9.43. The van der Waals surface area contributed by atoms with Gasteiger partial charge >= 0.3 is 5.97 Å². The predicted molar refractivity (Wildman–Crippen MR) is 116 cm³/mol. The summed E-state index contributed by atoms with van der Waals surface area (Å²) in [4.78, 5) is 35.1. The standard InChI is InChI=1S/C21H20N4O5S/c1-4-30-20(27)16-9-15(10-17(11-16)25(28)29)18(26)22-21-24-23-19(31-21)14-7-5-13(6-8-14)12(2)3/h5-12H,4H2,1-3H3,(H,22,24,26). The third-order valence-electron chi connectivity index (χ3n) is 4.37. The number of esters is 1. The third-order valence-corrected chi connectivity index (χ3v) is 5.26. The van der Waals surface area contributed by atoms with Crippen LogP contribution in [0.3, 0.4) is 0 Å². The summed E-state index contributed by atoms with van der Waals surface area (Å²) in [6.07, 6.45) is 0. The summed E-state index contributed by atoms with van der Waals surface area (Å²) in [5.41, 5.74) is 1.53. The Balaban J connectivity index is 1.81. The number of ether oxygens (including phenoxy) is 1. The molecule has 1 N–H and O–H groups in total. The summed E-state index contributed by atoms with van der Waals surface area (Å²) < 4.78 is 4.88. The van der Waals surface area contributed by atoms with Gasteiger partial charge in [0.15, 0.2) is 0 Å². The first kappa shape index (κ1) is 22.0. The Labute approximate surface area is 182 Å². The smallest absolute Gasteiger partial charge is 0.338 e. The molecule has 1 amide bonds. The zero-order chi connectivity index (χ0) is 22.5. The van der Waals surface area contributed by atoms with Gasteiger partial charge in [0.25, 0.3) is 11.6 Å². The van der Waals surface area contributed by atoms with E-state index in [1.54, 1.807) is 6.92 Å². The van der Waals surface area contributed by atoms with E-state index in [4.69, 9.17) is 4.74 Å². The number of benzene rings is 2. The van der Waals surface area contributed by atoms with Gasteiger partial charge in [0.1, 0.15) is 5.01 Å². The molecule has 3 rings (SSSR count). The van der Waals surface area contributed by atoms with Gasteiger partial charge in [0.2, 0.25) is 5.13 Å². The van der Waals surface area contributed by atoms with Crippen LogP contribution in [0.5, 0.6) is 0 Å². The maximum atomic E-state index is 12.6. The van der Waals surface area contributed by atoms with E-state index in [-0.39, 0.29) is 28.6 Å². The molecule has 0 radical (unpaired) electrons. The highest BCUT2D eigenvalue weighted by atomic mass is 32.1. The minimum atomic E-state index is -0.747. The molecule has 0 fully saturated rings. The van der Waals surface area contributed by atoms with Gasteiger partial charge in [-0.1, -0.05) is 49.4 Å². The van der Waals surface area contributed by atoms with E-state index < -0.39 is 16.8 Å². The van der Waals surface area contributed by atoms with Gasteiger partial charge in [0, 0.05) is 23.3 Å². The molecule has 3 aromatic rings. The molecule has 0 aliphatic rings. The SMILES string of the molecule is CCOC(=O)c1cc(C(=O)Nc2nnc(-c3ccc(C(C)C)cc3)s2)cc([N+](=O)[O-])c1. The van der Waals surface area contributed by atoms with Crippen molar-refractivity contribution < 1.29 is 19.2 Å². The molecule has 31 heavy (non-hydrogen) atoms. The maximum Gasteiger partial charge on any atom is 0.338 e. The molecule has 0 saturated heterocycles. The maximum absolute atomic E-state index is 12.6. The molecule has 1 aromatic heterocycles. The molecular weight excluding hydrogens is 420 g/mol. The quantitative estimate of drug-likeness (QED) is 0.322. The molecule has 1 heterocycles. The van der Waals surface area contributed by atoms with Crippen LogP contribution in [0.4, 0.5) is 10.8 Å². The van der Waals surface area contributed by atoms with Crippen LogP contribution < -0.4 is 5.32 Å². The lowest BCUT2D eigenvalue weighted by molar-refractivity contribution is -0.384. The molecule has 0 unspecified atom stereocenters. The van der Waals surface area contributed by atoms with Crippen molar-refractivity contribution in [1.82, 2.24) is 10.2 Å². The molecule has 0 atom stereocenters. The van der Waals surface area contributed by atoms with Crippen molar-refractivity contribution in [3.63, 3.8) is 0 Å². The number of nitrogens with zero attached hydrogens (tertiary/aromatic N) is 3. The van der Waals surface area contributed by atoms with Crippen LogP contribution >= 0.6 is 11.3 Å². The number of non-ortho nitro benzene ring substituents is 1. The molecule has 160 valence electrons. The van der Waals surface area contributed by atoms with E-state index in [0.29, 0.717) is 10.9 Å². The molecule has 0 aliphatic heterocycles. The Morgan fingerprint density at radius 1 is 1.13 bits per heavy atom. The van der Waals surface area contributed by atoms with E-state index in [1.807, 2.05) is 24.3 Å². The number of hydrogen-bond acceptors (Lipinski definition) is 8. The van der Waals surface area contributed by atoms with Crippen LogP contribution in [-0.2, 0) is 4.74 Å². The van der Waals surface area contributed by atoms with Crippen LogP contribution in [0.1, 0.15) is 53.0 Å². The number of carbonyl (C=O) groups excluding carboxylic acids is 2. The Hall–Kier alpha value is -3.66. The van der Waals surface area contributed by atoms with E-state index >= 15 is 0 Å². The highest BCUT2D eigenvalue weighted by Gasteiger charge is 2.20. The van der Waals surface area contributed by atoms with Crippen molar-refractivity contribution in [2.75, 3.05) is 11.9 Å². The first-order valence-electron chi connectivity index (χ1n) is 9.50. The minimum absolute atomic E-state index is 0.0599. The van der Waals surface area contributed by atoms with Crippen molar-refractivity contribution in [2.45, 2.75) is 26.7 Å². The average Bonchev–Trinajstić information content (AvgIpc) is 3.22. The van der Waals surface area contributed by atoms with Crippen LogP contribution in [0.2, 0.25) is 0 Å². The number of hydrogen-bond donors (Lipinski definition) is 1. The number of nitrogens with one attached hydrogen (secondary N) is 1. The molecule has 0 saturated carbocycles. The molecule has 0 spiro atoms. The summed E-state index contributed by atoms with van der Waals surface area (Å²) >= 11 is 1.17. The minimum Gasteiger partial charge on any atom is -0.462 e. The fraction of sp³-hybridized carbons (Fsp3) is 0.238.